The third-order valence-corrected chi connectivity index (χ3v) is 6.14. The van der Waals surface area contributed by atoms with Crippen molar-refractivity contribution in [1.82, 2.24) is 19.7 Å². The van der Waals surface area contributed by atoms with E-state index in [0.717, 1.165) is 36.9 Å². The Labute approximate surface area is 189 Å². The van der Waals surface area contributed by atoms with Crippen molar-refractivity contribution in [2.24, 2.45) is 0 Å². The van der Waals surface area contributed by atoms with E-state index in [9.17, 15) is 9.59 Å². The van der Waals surface area contributed by atoms with Gasteiger partial charge < -0.3 is 19.7 Å². The normalized spacial score (nSPS) is 17.4. The molecular weight excluding hydrogens is 407 g/mol. The summed E-state index contributed by atoms with van der Waals surface area (Å²) >= 11 is 0. The topological polar surface area (TPSA) is 90.9 Å². The maximum Gasteiger partial charge on any atom is 0.415 e. The molecule has 0 radical (unpaired) electrons. The number of ether oxygens (including phenoxy) is 1. The predicted molar refractivity (Wildman–Crippen MR) is 124 cm³/mol. The van der Waals surface area contributed by atoms with Crippen LogP contribution in [0.5, 0.6) is 0 Å². The smallest absolute Gasteiger partial charge is 0.415 e. The Bertz CT molecular complexity index is 967. The number of nitrogens with one attached hydrogen (secondary N) is 1. The zero-order valence-corrected chi connectivity index (χ0v) is 18.8. The number of carbonyl (C=O) groups excluding carboxylic acids is 2. The summed E-state index contributed by atoms with van der Waals surface area (Å²) in [5.74, 6) is 1.09. The average molecular weight is 436 g/mol. The predicted octanol–water partition coefficient (Wildman–Crippen LogP) is 1.78. The van der Waals surface area contributed by atoms with Crippen LogP contribution in [0.15, 0.2) is 30.5 Å². The molecule has 10 heteroatoms. The van der Waals surface area contributed by atoms with E-state index in [1.165, 1.54) is 10.5 Å². The molecule has 1 fully saturated rings. The van der Waals surface area contributed by atoms with Gasteiger partial charge in [0, 0.05) is 38.4 Å². The summed E-state index contributed by atoms with van der Waals surface area (Å²) in [4.78, 5) is 37.5. The molecule has 1 aromatic carbocycles. The summed E-state index contributed by atoms with van der Waals surface area (Å²) in [6.07, 6.45) is 2.30. The minimum Gasteiger partial charge on any atom is -0.444 e. The van der Waals surface area contributed by atoms with Gasteiger partial charge in [0.05, 0.1) is 17.8 Å². The van der Waals surface area contributed by atoms with Gasteiger partial charge in [-0.1, -0.05) is 24.3 Å². The molecule has 3 heterocycles. The minimum atomic E-state index is -0.378. The summed E-state index contributed by atoms with van der Waals surface area (Å²) in [7, 11) is 2.65. The van der Waals surface area contributed by atoms with Crippen molar-refractivity contribution in [2.75, 3.05) is 36.9 Å². The largest absolute Gasteiger partial charge is 0.444 e. The van der Waals surface area contributed by atoms with Crippen molar-refractivity contribution in [2.45, 2.75) is 39.1 Å². The Hall–Kier alpha value is -2.98. The fourth-order valence-corrected chi connectivity index (χ4v) is 4.07. The van der Waals surface area contributed by atoms with Crippen molar-refractivity contribution in [1.29, 1.82) is 0 Å². The van der Waals surface area contributed by atoms with Crippen LogP contribution in [0.3, 0.4) is 0 Å². The van der Waals surface area contributed by atoms with E-state index >= 15 is 0 Å². The van der Waals surface area contributed by atoms with E-state index in [0.29, 0.717) is 31.8 Å². The van der Waals surface area contributed by atoms with Crippen molar-refractivity contribution in [3.63, 3.8) is 0 Å². The van der Waals surface area contributed by atoms with Gasteiger partial charge in [0.25, 0.3) is 7.41 Å². The van der Waals surface area contributed by atoms with Crippen LogP contribution in [-0.2, 0) is 22.7 Å². The summed E-state index contributed by atoms with van der Waals surface area (Å²) in [6, 6.07) is 9.04. The molecular formula is C22H29BN6O3. The number of likely N-dealkylation sites (N-methyl/N-ethyl adjacent to an activating group) is 1. The lowest BCUT2D eigenvalue weighted by atomic mass is 9.87. The highest BCUT2D eigenvalue weighted by Crippen LogP contribution is 2.26. The number of cyclic esters (lactones) is 1. The quantitative estimate of drug-likeness (QED) is 0.470. The number of carbonyl (C=O) groups is 2. The second-order valence-electron chi connectivity index (χ2n) is 8.40. The first-order chi connectivity index (χ1) is 15.5. The van der Waals surface area contributed by atoms with E-state index < -0.39 is 0 Å². The molecule has 2 aliphatic rings. The van der Waals surface area contributed by atoms with Gasteiger partial charge in [-0.05, 0) is 32.0 Å². The number of anilines is 2. The molecule has 1 aromatic heterocycles. The molecule has 1 atom stereocenters. The molecule has 0 saturated carbocycles. The monoisotopic (exact) mass is 436 g/mol. The second kappa shape index (κ2) is 9.66. The molecule has 32 heavy (non-hydrogen) atoms. The average Bonchev–Trinajstić information content (AvgIpc) is 2.76. The number of rotatable bonds is 9. The third-order valence-electron chi connectivity index (χ3n) is 6.14. The Morgan fingerprint density at radius 2 is 2.09 bits per heavy atom. The molecule has 1 saturated heterocycles. The van der Waals surface area contributed by atoms with Gasteiger partial charge in [-0.2, -0.15) is 4.98 Å². The molecule has 1 N–H and O–H groups in total. The number of hydrogen-bond donors (Lipinski definition) is 1. The van der Waals surface area contributed by atoms with Gasteiger partial charge >= 0.3 is 6.09 Å². The highest BCUT2D eigenvalue weighted by molar-refractivity contribution is 6.64. The van der Waals surface area contributed by atoms with Crippen molar-refractivity contribution < 1.29 is 14.3 Å². The van der Waals surface area contributed by atoms with E-state index in [1.54, 1.807) is 6.20 Å². The molecule has 0 spiro atoms. The Kier molecular flexibility index (Phi) is 6.71. The van der Waals surface area contributed by atoms with E-state index in [-0.39, 0.29) is 18.7 Å². The summed E-state index contributed by atoms with van der Waals surface area (Å²) in [5, 5.41) is 3.34. The van der Waals surface area contributed by atoms with Gasteiger partial charge in [-0.25, -0.2) is 9.78 Å². The zero-order chi connectivity index (χ0) is 22.7. The molecule has 0 bridgehead atoms. The highest BCUT2D eigenvalue weighted by atomic mass is 16.6. The Morgan fingerprint density at radius 3 is 2.78 bits per heavy atom. The number of nitrogens with zero attached hydrogens (tertiary/aromatic N) is 5. The Balaban J connectivity index is 1.35. The van der Waals surface area contributed by atoms with Crippen molar-refractivity contribution >= 4 is 31.5 Å². The van der Waals surface area contributed by atoms with E-state index in [1.807, 2.05) is 6.92 Å². The molecule has 4 rings (SSSR count). The summed E-state index contributed by atoms with van der Waals surface area (Å²) < 4.78 is 5.15. The van der Waals surface area contributed by atoms with Crippen molar-refractivity contribution in [3.8, 4) is 0 Å². The SMILES string of the molecule is CCN1C(=O)OCc2cnc(N[C@@H](C)c3ccc(CN(C)C4CN(BC=O)C4)cc3)nc21. The van der Waals surface area contributed by atoms with Crippen LogP contribution >= 0.6 is 0 Å². The maximum atomic E-state index is 12.0. The van der Waals surface area contributed by atoms with Crippen LogP contribution in [0.25, 0.3) is 0 Å². The van der Waals surface area contributed by atoms with Gasteiger partial charge in [0.2, 0.25) is 5.95 Å². The van der Waals surface area contributed by atoms with E-state index in [4.69, 9.17) is 4.74 Å². The summed E-state index contributed by atoms with van der Waals surface area (Å²) in [6.45, 7) is 7.41. The highest BCUT2D eigenvalue weighted by Gasteiger charge is 2.29. The fourth-order valence-electron chi connectivity index (χ4n) is 4.07. The lowest BCUT2D eigenvalue weighted by Gasteiger charge is -2.43. The number of fused-ring (bicyclic) bond motifs is 1. The molecule has 2 aromatic rings. The van der Waals surface area contributed by atoms with Crippen LogP contribution in [0.2, 0.25) is 0 Å². The number of aromatic nitrogens is 2. The number of benzene rings is 1. The third kappa shape index (κ3) is 4.76. The van der Waals surface area contributed by atoms with Gasteiger partial charge in [-0.15, -0.1) is 0 Å². The van der Waals surface area contributed by atoms with Gasteiger partial charge in [-0.3, -0.25) is 9.80 Å². The van der Waals surface area contributed by atoms with Crippen LogP contribution in [0, 0.1) is 0 Å². The minimum absolute atomic E-state index is 0.00831. The standard InChI is InChI=1S/C22H29BN6O3/c1-4-29-20-18(13-32-22(29)31)9-24-21(26-20)25-15(2)17-7-5-16(6-8-17)10-27(3)19-11-28(12-19)23-14-30/h5-9,14-15,19,23H,4,10-13H2,1-3H3,(H,24,25,26)/t15-/m0/s1. The zero-order valence-electron chi connectivity index (χ0n) is 18.8. The molecule has 9 nitrogen and oxygen atoms in total. The van der Waals surface area contributed by atoms with Crippen LogP contribution in [0.4, 0.5) is 16.6 Å². The van der Waals surface area contributed by atoms with Crippen LogP contribution in [-0.4, -0.2) is 72.1 Å². The first-order valence-corrected chi connectivity index (χ1v) is 11.0. The molecule has 0 aliphatic carbocycles. The molecule has 2 aliphatic heterocycles. The number of hydrogen-bond acceptors (Lipinski definition) is 8. The lowest BCUT2D eigenvalue weighted by Crippen LogP contribution is -2.59. The van der Waals surface area contributed by atoms with E-state index in [2.05, 4.69) is 63.2 Å². The number of amides is 1. The van der Waals surface area contributed by atoms with Gasteiger partial charge in [0.1, 0.15) is 12.4 Å². The van der Waals surface area contributed by atoms with Crippen LogP contribution in [0.1, 0.15) is 36.6 Å². The van der Waals surface area contributed by atoms with Crippen LogP contribution < -0.4 is 10.2 Å². The second-order valence-corrected chi connectivity index (χ2v) is 8.40. The first-order valence-electron chi connectivity index (χ1n) is 11.0. The Morgan fingerprint density at radius 1 is 1.34 bits per heavy atom. The lowest BCUT2D eigenvalue weighted by molar-refractivity contribution is 0.106. The molecule has 168 valence electrons. The fraction of sp³-hybridized carbons (Fsp3) is 0.455. The molecule has 0 unspecified atom stereocenters. The van der Waals surface area contributed by atoms with Crippen molar-refractivity contribution in [3.05, 3.63) is 47.2 Å². The summed E-state index contributed by atoms with van der Waals surface area (Å²) in [5.41, 5.74) is 3.18. The first kappa shape index (κ1) is 22.2. The van der Waals surface area contributed by atoms with Gasteiger partial charge in [0.15, 0.2) is 0 Å². The molecule has 1 amide bonds. The maximum absolute atomic E-state index is 12.0.